The Balaban J connectivity index is 1.44. The molecule has 5 aliphatic carbocycles. The molecule has 38 heavy (non-hydrogen) atoms. The van der Waals surface area contributed by atoms with E-state index in [0.717, 1.165) is 57.8 Å². The van der Waals surface area contributed by atoms with Gasteiger partial charge in [-0.2, -0.15) is 0 Å². The number of esters is 1. The molecule has 0 spiro atoms. The summed E-state index contributed by atoms with van der Waals surface area (Å²) in [5, 5.41) is 8.97. The summed E-state index contributed by atoms with van der Waals surface area (Å²) in [4.78, 5) is 36.3. The van der Waals surface area contributed by atoms with Gasteiger partial charge in [-0.3, -0.25) is 14.4 Å². The van der Waals surface area contributed by atoms with Crippen LogP contribution in [0.2, 0.25) is 0 Å². The van der Waals surface area contributed by atoms with Gasteiger partial charge in [0.05, 0.1) is 19.4 Å². The lowest BCUT2D eigenvalue weighted by Gasteiger charge is -2.67. The number of ether oxygens (including phenoxy) is 1. The number of carbonyl (C=O) groups is 3. The predicted octanol–water partition coefficient (Wildman–Crippen LogP) is 7.38. The zero-order chi connectivity index (χ0) is 27.7. The number of ketones is 1. The molecule has 5 nitrogen and oxygen atoms in total. The fourth-order valence-corrected chi connectivity index (χ4v) is 10.6. The summed E-state index contributed by atoms with van der Waals surface area (Å²) in [6.45, 7) is 14.7. The minimum Gasteiger partial charge on any atom is -0.481 e. The van der Waals surface area contributed by atoms with Crippen LogP contribution in [0, 0.1) is 50.7 Å². The van der Waals surface area contributed by atoms with Crippen molar-refractivity contribution in [1.82, 2.24) is 0 Å². The minimum absolute atomic E-state index is 0.0275. The van der Waals surface area contributed by atoms with Crippen LogP contribution in [0.15, 0.2) is 11.6 Å². The van der Waals surface area contributed by atoms with Crippen LogP contribution in [0.1, 0.15) is 119 Å². The highest BCUT2D eigenvalue weighted by molar-refractivity contribution is 5.85. The van der Waals surface area contributed by atoms with E-state index in [2.05, 4.69) is 47.6 Å². The average molecular weight is 527 g/mol. The third kappa shape index (κ3) is 4.29. The molecule has 0 heterocycles. The van der Waals surface area contributed by atoms with Crippen LogP contribution in [-0.4, -0.2) is 29.4 Å². The molecule has 0 aromatic rings. The smallest absolute Gasteiger partial charge is 0.306 e. The number of Topliss-reactive ketones (excluding diaryl/α,β-unsaturated/α-hetero) is 1. The second-order valence-corrected chi connectivity index (χ2v) is 15.7. The number of carboxylic acids is 1. The van der Waals surface area contributed by atoms with E-state index in [0.29, 0.717) is 36.1 Å². The lowest BCUT2D eigenvalue weighted by Crippen LogP contribution is -2.61. The Morgan fingerprint density at radius 3 is 2.34 bits per heavy atom. The molecular formula is C33H50O5. The van der Waals surface area contributed by atoms with Gasteiger partial charge in [-0.1, -0.05) is 53.2 Å². The number of rotatable bonds is 5. The second-order valence-electron chi connectivity index (χ2n) is 15.7. The SMILES string of the molecule is CC1(C)CC[C@]2(COC(=O)CCC(=O)O)CC[C@@H]3C(=CCC4[C@@]3(C)CC[C@H]3C(C)(C)C(=O)CC[C@]43C)C2C1. The fraction of sp³-hybridized carbons (Fsp3) is 0.848. The van der Waals surface area contributed by atoms with Crippen molar-refractivity contribution in [2.45, 2.75) is 119 Å². The van der Waals surface area contributed by atoms with Gasteiger partial charge >= 0.3 is 11.9 Å². The third-order valence-electron chi connectivity index (χ3n) is 12.8. The topological polar surface area (TPSA) is 80.7 Å². The van der Waals surface area contributed by atoms with Gasteiger partial charge in [0.1, 0.15) is 5.78 Å². The minimum atomic E-state index is -0.956. The summed E-state index contributed by atoms with van der Waals surface area (Å²) in [7, 11) is 0. The second kappa shape index (κ2) is 9.20. The van der Waals surface area contributed by atoms with Crippen molar-refractivity contribution in [2.24, 2.45) is 50.7 Å². The maximum Gasteiger partial charge on any atom is 0.306 e. The van der Waals surface area contributed by atoms with Crippen molar-refractivity contribution in [3.05, 3.63) is 11.6 Å². The first-order valence-corrected chi connectivity index (χ1v) is 15.3. The monoisotopic (exact) mass is 526 g/mol. The van der Waals surface area contributed by atoms with E-state index in [1.165, 1.54) is 6.42 Å². The van der Waals surface area contributed by atoms with Crippen LogP contribution >= 0.6 is 0 Å². The van der Waals surface area contributed by atoms with Crippen LogP contribution < -0.4 is 0 Å². The Labute approximate surface area is 229 Å². The van der Waals surface area contributed by atoms with Crippen LogP contribution in [0.4, 0.5) is 0 Å². The molecule has 0 radical (unpaired) electrons. The van der Waals surface area contributed by atoms with Gasteiger partial charge in [-0.15, -0.1) is 0 Å². The van der Waals surface area contributed by atoms with E-state index in [4.69, 9.17) is 9.84 Å². The van der Waals surface area contributed by atoms with Gasteiger partial charge in [0.2, 0.25) is 0 Å². The number of fused-ring (bicyclic) bond motifs is 7. The summed E-state index contributed by atoms with van der Waals surface area (Å²) in [5.41, 5.74) is 2.10. The summed E-state index contributed by atoms with van der Waals surface area (Å²) in [6.07, 6.45) is 13.1. The number of allylic oxidation sites excluding steroid dienone is 2. The molecule has 4 fully saturated rings. The van der Waals surface area contributed by atoms with Gasteiger partial charge in [0, 0.05) is 17.3 Å². The Morgan fingerprint density at radius 1 is 0.895 bits per heavy atom. The first-order valence-electron chi connectivity index (χ1n) is 15.3. The molecule has 0 bridgehead atoms. The molecule has 212 valence electrons. The van der Waals surface area contributed by atoms with E-state index in [1.54, 1.807) is 5.57 Å². The van der Waals surface area contributed by atoms with E-state index >= 15 is 0 Å². The summed E-state index contributed by atoms with van der Waals surface area (Å²) < 4.78 is 5.83. The van der Waals surface area contributed by atoms with Gasteiger partial charge in [-0.25, -0.2) is 0 Å². The standard InChI is InChI=1S/C33H50O5/c1-29(2)17-18-33(20-38-28(37)10-9-27(35)36)16-11-22-21(23(33)19-29)7-8-25-31(22,5)14-12-24-30(3,4)26(34)13-15-32(24,25)6/h7,22-25H,8-20H2,1-6H3,(H,35,36)/t22-,23?,24+,25?,31+,32+,33+/m1/s1. The lowest BCUT2D eigenvalue weighted by molar-refractivity contribution is -0.172. The average Bonchev–Trinajstić information content (AvgIpc) is 2.83. The van der Waals surface area contributed by atoms with Crippen molar-refractivity contribution in [1.29, 1.82) is 0 Å². The van der Waals surface area contributed by atoms with Gasteiger partial charge in [-0.05, 0) is 97.7 Å². The Morgan fingerprint density at radius 2 is 1.63 bits per heavy atom. The molecule has 2 unspecified atom stereocenters. The Kier molecular flexibility index (Phi) is 6.75. The number of hydrogen-bond donors (Lipinski definition) is 1. The molecule has 0 aromatic heterocycles. The predicted molar refractivity (Wildman–Crippen MR) is 147 cm³/mol. The van der Waals surface area contributed by atoms with Crippen LogP contribution in [0.5, 0.6) is 0 Å². The van der Waals surface area contributed by atoms with Crippen molar-refractivity contribution >= 4 is 17.7 Å². The van der Waals surface area contributed by atoms with Gasteiger partial charge in [0.25, 0.3) is 0 Å². The Hall–Kier alpha value is -1.65. The van der Waals surface area contributed by atoms with E-state index in [9.17, 15) is 14.4 Å². The number of carbonyl (C=O) groups excluding carboxylic acids is 2. The van der Waals surface area contributed by atoms with Gasteiger partial charge in [0.15, 0.2) is 0 Å². The fourth-order valence-electron chi connectivity index (χ4n) is 10.6. The molecule has 4 saturated carbocycles. The maximum absolute atomic E-state index is 12.9. The van der Waals surface area contributed by atoms with Crippen molar-refractivity contribution in [2.75, 3.05) is 6.61 Å². The van der Waals surface area contributed by atoms with Crippen molar-refractivity contribution in [3.8, 4) is 0 Å². The summed E-state index contributed by atoms with van der Waals surface area (Å²) in [6, 6.07) is 0. The van der Waals surface area contributed by atoms with E-state index < -0.39 is 5.97 Å². The van der Waals surface area contributed by atoms with Crippen molar-refractivity contribution < 1.29 is 24.2 Å². The highest BCUT2D eigenvalue weighted by Gasteiger charge is 2.65. The molecule has 0 aliphatic heterocycles. The molecule has 0 amide bonds. The zero-order valence-corrected chi connectivity index (χ0v) is 24.7. The molecule has 5 heteroatoms. The lowest BCUT2D eigenvalue weighted by atomic mass is 9.37. The molecule has 5 aliphatic rings. The molecule has 7 atom stereocenters. The molecule has 0 saturated heterocycles. The molecule has 5 rings (SSSR count). The quantitative estimate of drug-likeness (QED) is 0.299. The molecular weight excluding hydrogens is 476 g/mol. The first kappa shape index (κ1) is 27.9. The van der Waals surface area contributed by atoms with Gasteiger partial charge < -0.3 is 9.84 Å². The van der Waals surface area contributed by atoms with E-state index in [-0.39, 0.29) is 45.9 Å². The third-order valence-corrected chi connectivity index (χ3v) is 12.8. The van der Waals surface area contributed by atoms with Crippen LogP contribution in [0.25, 0.3) is 0 Å². The number of hydrogen-bond acceptors (Lipinski definition) is 4. The Bertz CT molecular complexity index is 1040. The largest absolute Gasteiger partial charge is 0.481 e. The molecule has 1 N–H and O–H groups in total. The normalized spacial score (nSPS) is 43.0. The maximum atomic E-state index is 12.9. The zero-order valence-electron chi connectivity index (χ0n) is 24.7. The van der Waals surface area contributed by atoms with Crippen LogP contribution in [-0.2, 0) is 19.1 Å². The van der Waals surface area contributed by atoms with E-state index in [1.807, 2.05) is 0 Å². The molecule has 0 aromatic carbocycles. The summed E-state index contributed by atoms with van der Waals surface area (Å²) >= 11 is 0. The first-order chi connectivity index (χ1) is 17.6. The van der Waals surface area contributed by atoms with Crippen LogP contribution in [0.3, 0.4) is 0 Å². The highest BCUT2D eigenvalue weighted by atomic mass is 16.5. The highest BCUT2D eigenvalue weighted by Crippen LogP contribution is 2.71. The number of carboxylic acid groups (broad SMARTS) is 1. The number of aliphatic carboxylic acids is 1. The summed E-state index contributed by atoms with van der Waals surface area (Å²) in [5.74, 6) is 1.18. The van der Waals surface area contributed by atoms with Crippen molar-refractivity contribution in [3.63, 3.8) is 0 Å².